The molecule has 1 unspecified atom stereocenters. The van der Waals surface area contributed by atoms with Crippen molar-refractivity contribution >= 4 is 29.9 Å². The number of carbonyl (C=O) groups excluding carboxylic acids is 4. The monoisotopic (exact) mass is 639 g/mol. The molecule has 0 saturated heterocycles. The van der Waals surface area contributed by atoms with Crippen molar-refractivity contribution in [1.29, 1.82) is 0 Å². The fourth-order valence-electron chi connectivity index (χ4n) is 4.97. The molecule has 1 aliphatic heterocycles. The first kappa shape index (κ1) is 36.3. The number of unbranched alkanes of at least 4 members (excludes halogenated alkanes) is 1. The van der Waals surface area contributed by atoms with Crippen molar-refractivity contribution in [3.63, 3.8) is 0 Å². The van der Waals surface area contributed by atoms with Gasteiger partial charge >= 0.3 is 18.2 Å². The fraction of sp³-hybridized carbons (Fsp3) is 0.559. The van der Waals surface area contributed by atoms with Crippen LogP contribution in [-0.2, 0) is 43.2 Å². The summed E-state index contributed by atoms with van der Waals surface area (Å²) in [4.78, 5) is 60.4. The molecule has 0 bridgehead atoms. The van der Waals surface area contributed by atoms with Crippen LogP contribution in [0, 0.1) is 0 Å². The number of amides is 3. The lowest BCUT2D eigenvalue weighted by Gasteiger charge is -2.31. The molecular formula is C34H49N5O7. The Bertz CT molecular complexity index is 1310. The van der Waals surface area contributed by atoms with Gasteiger partial charge in [-0.05, 0) is 83.0 Å². The number of benzene rings is 1. The van der Waals surface area contributed by atoms with Gasteiger partial charge in [-0.25, -0.2) is 19.4 Å². The van der Waals surface area contributed by atoms with E-state index in [0.29, 0.717) is 31.9 Å². The Morgan fingerprint density at radius 3 is 2.43 bits per heavy atom. The zero-order valence-electron chi connectivity index (χ0n) is 28.0. The Labute approximate surface area is 272 Å². The molecule has 1 aromatic heterocycles. The van der Waals surface area contributed by atoms with Crippen LogP contribution >= 0.6 is 0 Å². The largest absolute Gasteiger partial charge is 0.467 e. The number of methoxy groups -OCH3 is 1. The summed E-state index contributed by atoms with van der Waals surface area (Å²) in [5, 5.41) is 2.60. The van der Waals surface area contributed by atoms with Crippen molar-refractivity contribution < 1.29 is 33.4 Å². The van der Waals surface area contributed by atoms with Gasteiger partial charge in [0.1, 0.15) is 24.1 Å². The van der Waals surface area contributed by atoms with Gasteiger partial charge in [0, 0.05) is 32.9 Å². The molecule has 12 heteroatoms. The standard InChI is InChI=1S/C34H49N5O7/c1-34(2,3)46-33(43)39-21-12-15-26-17-18-27(35-30(26)39)16-10-11-20-38(23-29(40)37(4)5)22-19-28(31(41)44-6)36-32(42)45-24-25-13-8-7-9-14-25/h7-9,13-14,17-18,28H,10-12,15-16,19-24H2,1-6H3,(H,36,42). The van der Waals surface area contributed by atoms with E-state index in [1.807, 2.05) is 68.1 Å². The van der Waals surface area contributed by atoms with Crippen LogP contribution in [0.3, 0.4) is 0 Å². The smallest absolute Gasteiger partial charge is 0.416 e. The van der Waals surface area contributed by atoms with Crippen LogP contribution in [0.4, 0.5) is 15.4 Å². The average Bonchev–Trinajstić information content (AvgIpc) is 3.02. The van der Waals surface area contributed by atoms with Crippen LogP contribution in [-0.4, -0.2) is 97.9 Å². The van der Waals surface area contributed by atoms with Crippen LogP contribution in [0.15, 0.2) is 42.5 Å². The van der Waals surface area contributed by atoms with Gasteiger partial charge in [0.05, 0.1) is 13.7 Å². The number of nitrogens with one attached hydrogen (secondary N) is 1. The second-order valence-electron chi connectivity index (χ2n) is 12.6. The highest BCUT2D eigenvalue weighted by atomic mass is 16.6. The number of hydrogen-bond acceptors (Lipinski definition) is 9. The minimum atomic E-state index is -0.933. The topological polar surface area (TPSA) is 131 Å². The zero-order valence-corrected chi connectivity index (χ0v) is 28.0. The van der Waals surface area contributed by atoms with Crippen LogP contribution in [0.5, 0.6) is 0 Å². The Hall–Kier alpha value is -4.19. The molecule has 1 aliphatic rings. The third kappa shape index (κ3) is 12.0. The van der Waals surface area contributed by atoms with Gasteiger partial charge in [0.15, 0.2) is 0 Å². The Balaban J connectivity index is 1.57. The normalized spacial score (nSPS) is 13.4. The summed E-state index contributed by atoms with van der Waals surface area (Å²) >= 11 is 0. The molecule has 1 aromatic carbocycles. The Kier molecular flexibility index (Phi) is 13.8. The summed E-state index contributed by atoms with van der Waals surface area (Å²) in [6.45, 7) is 7.33. The molecule has 0 radical (unpaired) electrons. The number of nitrogens with zero attached hydrogens (tertiary/aromatic N) is 4. The van der Waals surface area contributed by atoms with Crippen LogP contribution in [0.2, 0.25) is 0 Å². The molecule has 0 aliphatic carbocycles. The number of anilines is 1. The van der Waals surface area contributed by atoms with E-state index in [4.69, 9.17) is 19.2 Å². The molecule has 46 heavy (non-hydrogen) atoms. The molecule has 2 heterocycles. The summed E-state index contributed by atoms with van der Waals surface area (Å²) < 4.78 is 15.8. The van der Waals surface area contributed by atoms with Crippen molar-refractivity contribution in [1.82, 2.24) is 20.1 Å². The molecule has 2 aromatic rings. The minimum Gasteiger partial charge on any atom is -0.467 e. The highest BCUT2D eigenvalue weighted by Crippen LogP contribution is 2.27. The number of esters is 1. The van der Waals surface area contributed by atoms with Gasteiger partial charge in [-0.1, -0.05) is 36.4 Å². The number of alkyl carbamates (subject to hydrolysis) is 1. The van der Waals surface area contributed by atoms with Crippen LogP contribution in [0.25, 0.3) is 0 Å². The van der Waals surface area contributed by atoms with Crippen molar-refractivity contribution in [2.75, 3.05) is 52.3 Å². The van der Waals surface area contributed by atoms with Crippen molar-refractivity contribution in [3.8, 4) is 0 Å². The number of aromatic nitrogens is 1. The zero-order chi connectivity index (χ0) is 33.7. The lowest BCUT2D eigenvalue weighted by molar-refractivity contribution is -0.143. The summed E-state index contributed by atoms with van der Waals surface area (Å²) in [6.07, 6.45) is 3.12. The van der Waals surface area contributed by atoms with Gasteiger partial charge in [0.25, 0.3) is 0 Å². The maximum Gasteiger partial charge on any atom is 0.416 e. The molecule has 3 rings (SSSR count). The molecule has 0 saturated carbocycles. The van der Waals surface area contributed by atoms with E-state index >= 15 is 0 Å². The average molecular weight is 640 g/mol. The van der Waals surface area contributed by atoms with E-state index in [-0.39, 0.29) is 31.6 Å². The van der Waals surface area contributed by atoms with E-state index in [1.54, 1.807) is 19.0 Å². The van der Waals surface area contributed by atoms with Crippen LogP contribution in [0.1, 0.15) is 63.3 Å². The van der Waals surface area contributed by atoms with E-state index in [0.717, 1.165) is 42.5 Å². The van der Waals surface area contributed by atoms with Gasteiger partial charge in [-0.3, -0.25) is 14.6 Å². The highest BCUT2D eigenvalue weighted by molar-refractivity contribution is 5.88. The van der Waals surface area contributed by atoms with E-state index < -0.39 is 23.7 Å². The molecule has 3 amide bonds. The lowest BCUT2D eigenvalue weighted by Crippen LogP contribution is -2.45. The summed E-state index contributed by atoms with van der Waals surface area (Å²) in [5.74, 6) is 0.0118. The fourth-order valence-corrected chi connectivity index (χ4v) is 4.97. The van der Waals surface area contributed by atoms with Gasteiger partial charge in [0.2, 0.25) is 5.91 Å². The van der Waals surface area contributed by atoms with E-state index in [9.17, 15) is 19.2 Å². The van der Waals surface area contributed by atoms with E-state index in [2.05, 4.69) is 5.32 Å². The van der Waals surface area contributed by atoms with Crippen molar-refractivity contribution in [3.05, 3.63) is 59.3 Å². The third-order valence-corrected chi connectivity index (χ3v) is 7.45. The van der Waals surface area contributed by atoms with Gasteiger partial charge < -0.3 is 24.4 Å². The molecule has 1 atom stereocenters. The number of likely N-dealkylation sites (N-methyl/N-ethyl adjacent to an activating group) is 1. The molecule has 1 N–H and O–H groups in total. The Morgan fingerprint density at radius 2 is 1.76 bits per heavy atom. The minimum absolute atomic E-state index is 0.0663. The number of pyridine rings is 1. The summed E-state index contributed by atoms with van der Waals surface area (Å²) in [6, 6.07) is 12.4. The molecule has 0 fully saturated rings. The Morgan fingerprint density at radius 1 is 1.02 bits per heavy atom. The summed E-state index contributed by atoms with van der Waals surface area (Å²) in [7, 11) is 4.66. The maximum absolute atomic E-state index is 12.8. The molecule has 252 valence electrons. The number of rotatable bonds is 14. The number of fused-ring (bicyclic) bond motifs is 1. The van der Waals surface area contributed by atoms with Crippen molar-refractivity contribution in [2.45, 2.75) is 77.5 Å². The number of ether oxygens (including phenoxy) is 3. The van der Waals surface area contributed by atoms with Crippen LogP contribution < -0.4 is 10.2 Å². The second-order valence-corrected chi connectivity index (χ2v) is 12.6. The predicted molar refractivity (Wildman–Crippen MR) is 174 cm³/mol. The quantitative estimate of drug-likeness (QED) is 0.182. The second kappa shape index (κ2) is 17.5. The number of aryl methyl sites for hydroxylation is 2. The molecule has 0 spiro atoms. The highest BCUT2D eigenvalue weighted by Gasteiger charge is 2.29. The molecule has 12 nitrogen and oxygen atoms in total. The first-order valence-corrected chi connectivity index (χ1v) is 15.8. The number of hydrogen-bond donors (Lipinski definition) is 1. The first-order chi connectivity index (χ1) is 21.9. The van der Waals surface area contributed by atoms with Gasteiger partial charge in [-0.15, -0.1) is 0 Å². The third-order valence-electron chi connectivity index (χ3n) is 7.45. The molecular weight excluding hydrogens is 590 g/mol. The predicted octanol–water partition coefficient (Wildman–Crippen LogP) is 4.34. The first-order valence-electron chi connectivity index (χ1n) is 15.8. The van der Waals surface area contributed by atoms with Gasteiger partial charge in [-0.2, -0.15) is 0 Å². The van der Waals surface area contributed by atoms with E-state index in [1.165, 1.54) is 12.0 Å². The maximum atomic E-state index is 12.8. The summed E-state index contributed by atoms with van der Waals surface area (Å²) in [5.41, 5.74) is 2.15. The lowest BCUT2D eigenvalue weighted by atomic mass is 10.0. The number of carbonyl (C=O) groups is 4. The van der Waals surface area contributed by atoms with Crippen molar-refractivity contribution in [2.24, 2.45) is 0 Å². The SMILES string of the molecule is COC(=O)C(CCN(CCCCc1ccc2c(n1)N(C(=O)OC(C)(C)C)CCC2)CC(=O)N(C)C)NC(=O)OCc1ccccc1.